The van der Waals surface area contributed by atoms with Gasteiger partial charge in [0, 0.05) is 23.6 Å². The van der Waals surface area contributed by atoms with Gasteiger partial charge in [0.25, 0.3) is 0 Å². The summed E-state index contributed by atoms with van der Waals surface area (Å²) in [4.78, 5) is 15.5. The van der Waals surface area contributed by atoms with Gasteiger partial charge in [-0.2, -0.15) is 13.9 Å². The lowest BCUT2D eigenvalue weighted by molar-refractivity contribution is -0.121. The zero-order valence-electron chi connectivity index (χ0n) is 11.4. The maximum Gasteiger partial charge on any atom is 0.387 e. The lowest BCUT2D eigenvalue weighted by Gasteiger charge is -2.12. The largest absolute Gasteiger partial charge is 0.434 e. The molecule has 1 amide bonds. The van der Waals surface area contributed by atoms with Crippen LogP contribution in [0.3, 0.4) is 0 Å². The Kier molecular flexibility index (Phi) is 5.65. The highest BCUT2D eigenvalue weighted by Gasteiger charge is 2.11. The Morgan fingerprint density at radius 1 is 1.45 bits per heavy atom. The van der Waals surface area contributed by atoms with Crippen LogP contribution in [0.4, 0.5) is 8.78 Å². The number of hydrogen-bond donors (Lipinski definition) is 1. The highest BCUT2D eigenvalue weighted by Crippen LogP contribution is 2.24. The lowest BCUT2D eigenvalue weighted by Crippen LogP contribution is -2.24. The quantitative estimate of drug-likeness (QED) is 0.845. The molecular weight excluding hydrogens is 318 g/mol. The lowest BCUT2D eigenvalue weighted by atomic mass is 10.2. The number of aryl methyl sites for hydroxylation is 1. The number of hydrogen-bond acceptors (Lipinski definition) is 4. The summed E-state index contributed by atoms with van der Waals surface area (Å²) in [6.45, 7) is -2.52. The van der Waals surface area contributed by atoms with Crippen LogP contribution < -0.4 is 10.1 Å². The fourth-order valence-corrected chi connectivity index (χ4v) is 1.94. The first-order valence-electron chi connectivity index (χ1n) is 6.37. The summed E-state index contributed by atoms with van der Waals surface area (Å²) in [5.74, 6) is -0.269. The predicted molar refractivity (Wildman–Crippen MR) is 74.6 cm³/mol. The average molecular weight is 331 g/mol. The number of rotatable bonds is 7. The Labute approximate surface area is 130 Å². The van der Waals surface area contributed by atoms with Gasteiger partial charge in [0.2, 0.25) is 5.91 Å². The van der Waals surface area contributed by atoms with E-state index >= 15 is 0 Å². The SMILES string of the molecule is O=C(CCn1cncn1)NCc1cc(Cl)ccc1OC(F)F. The minimum atomic E-state index is -2.94. The summed E-state index contributed by atoms with van der Waals surface area (Å²) in [6.07, 6.45) is 3.06. The van der Waals surface area contributed by atoms with E-state index in [4.69, 9.17) is 11.6 Å². The third kappa shape index (κ3) is 4.96. The summed E-state index contributed by atoms with van der Waals surface area (Å²) in [5.41, 5.74) is 0.377. The molecule has 0 bridgehead atoms. The summed E-state index contributed by atoms with van der Waals surface area (Å²) >= 11 is 5.82. The van der Waals surface area contributed by atoms with Crippen molar-refractivity contribution in [3.05, 3.63) is 41.4 Å². The molecule has 0 saturated heterocycles. The second kappa shape index (κ2) is 7.69. The molecule has 0 fully saturated rings. The standard InChI is InChI=1S/C13H13ClF2N4O2/c14-10-1-2-11(22-13(15)16)9(5-10)6-18-12(21)3-4-20-8-17-7-19-20/h1-2,5,7-8,13H,3-4,6H2,(H,18,21). The highest BCUT2D eigenvalue weighted by atomic mass is 35.5. The van der Waals surface area contributed by atoms with Crippen LogP contribution in [0.5, 0.6) is 5.75 Å². The molecule has 2 rings (SSSR count). The van der Waals surface area contributed by atoms with E-state index in [2.05, 4.69) is 20.1 Å². The third-order valence-corrected chi connectivity index (χ3v) is 2.98. The molecule has 0 spiro atoms. The summed E-state index contributed by atoms with van der Waals surface area (Å²) in [5, 5.41) is 6.86. The second-order valence-corrected chi connectivity index (χ2v) is 4.75. The molecule has 0 aliphatic carbocycles. The number of benzene rings is 1. The number of carbonyl (C=O) groups is 1. The molecule has 118 valence electrons. The number of nitrogens with one attached hydrogen (secondary N) is 1. The van der Waals surface area contributed by atoms with Crippen LogP contribution in [-0.2, 0) is 17.9 Å². The van der Waals surface area contributed by atoms with Crippen LogP contribution in [-0.4, -0.2) is 27.3 Å². The minimum Gasteiger partial charge on any atom is -0.434 e. The van der Waals surface area contributed by atoms with Gasteiger partial charge in [-0.05, 0) is 18.2 Å². The predicted octanol–water partition coefficient (Wildman–Crippen LogP) is 2.24. The van der Waals surface area contributed by atoms with Gasteiger partial charge in [0.1, 0.15) is 18.4 Å². The molecule has 1 heterocycles. The van der Waals surface area contributed by atoms with Gasteiger partial charge in [-0.3, -0.25) is 9.48 Å². The van der Waals surface area contributed by atoms with E-state index in [0.717, 1.165) is 0 Å². The maximum atomic E-state index is 12.3. The van der Waals surface area contributed by atoms with Gasteiger partial charge in [-0.1, -0.05) is 11.6 Å². The Morgan fingerprint density at radius 2 is 2.27 bits per heavy atom. The zero-order valence-corrected chi connectivity index (χ0v) is 12.1. The number of nitrogens with zero attached hydrogens (tertiary/aromatic N) is 3. The van der Waals surface area contributed by atoms with Crippen molar-refractivity contribution in [3.63, 3.8) is 0 Å². The zero-order chi connectivity index (χ0) is 15.9. The van der Waals surface area contributed by atoms with E-state index in [1.165, 1.54) is 35.5 Å². The molecular formula is C13H13ClF2N4O2. The molecule has 9 heteroatoms. The molecule has 1 N–H and O–H groups in total. The van der Waals surface area contributed by atoms with Crippen molar-refractivity contribution < 1.29 is 18.3 Å². The Morgan fingerprint density at radius 3 is 2.95 bits per heavy atom. The Hall–Kier alpha value is -2.22. The number of alkyl halides is 2. The molecule has 0 saturated carbocycles. The van der Waals surface area contributed by atoms with Crippen molar-refractivity contribution in [1.29, 1.82) is 0 Å². The molecule has 0 atom stereocenters. The van der Waals surface area contributed by atoms with E-state index in [-0.39, 0.29) is 24.6 Å². The van der Waals surface area contributed by atoms with Gasteiger partial charge in [-0.15, -0.1) is 0 Å². The smallest absolute Gasteiger partial charge is 0.387 e. The first kappa shape index (κ1) is 16.2. The Bertz CT molecular complexity index is 623. The van der Waals surface area contributed by atoms with Crippen molar-refractivity contribution in [1.82, 2.24) is 20.1 Å². The van der Waals surface area contributed by atoms with E-state index in [1.54, 1.807) is 0 Å². The van der Waals surface area contributed by atoms with Crippen molar-refractivity contribution in [2.75, 3.05) is 0 Å². The van der Waals surface area contributed by atoms with Crippen LogP contribution in [0.1, 0.15) is 12.0 Å². The van der Waals surface area contributed by atoms with Gasteiger partial charge in [-0.25, -0.2) is 4.98 Å². The first-order valence-corrected chi connectivity index (χ1v) is 6.75. The van der Waals surface area contributed by atoms with Crippen LogP contribution in [0, 0.1) is 0 Å². The fraction of sp³-hybridized carbons (Fsp3) is 0.308. The molecule has 6 nitrogen and oxygen atoms in total. The van der Waals surface area contributed by atoms with E-state index in [0.29, 0.717) is 17.1 Å². The van der Waals surface area contributed by atoms with Gasteiger partial charge < -0.3 is 10.1 Å². The number of ether oxygens (including phenoxy) is 1. The average Bonchev–Trinajstić information content (AvgIpc) is 2.98. The maximum absolute atomic E-state index is 12.3. The molecule has 0 aliphatic rings. The van der Waals surface area contributed by atoms with Gasteiger partial charge in [0.15, 0.2) is 0 Å². The van der Waals surface area contributed by atoms with Crippen LogP contribution in [0.25, 0.3) is 0 Å². The monoisotopic (exact) mass is 330 g/mol. The van der Waals surface area contributed by atoms with Crippen molar-refractivity contribution in [2.24, 2.45) is 0 Å². The normalized spacial score (nSPS) is 10.7. The second-order valence-electron chi connectivity index (χ2n) is 4.32. The van der Waals surface area contributed by atoms with Crippen LogP contribution in [0.15, 0.2) is 30.9 Å². The highest BCUT2D eigenvalue weighted by molar-refractivity contribution is 6.30. The number of amides is 1. The van der Waals surface area contributed by atoms with Crippen molar-refractivity contribution in [2.45, 2.75) is 26.1 Å². The number of aromatic nitrogens is 3. The van der Waals surface area contributed by atoms with E-state index < -0.39 is 6.61 Å². The summed E-state index contributed by atoms with van der Waals surface area (Å²) in [6, 6.07) is 4.25. The van der Waals surface area contributed by atoms with Gasteiger partial charge in [0.05, 0.1) is 6.54 Å². The van der Waals surface area contributed by atoms with E-state index in [1.807, 2.05) is 0 Å². The molecule has 1 aromatic carbocycles. The van der Waals surface area contributed by atoms with Crippen LogP contribution in [0.2, 0.25) is 5.02 Å². The minimum absolute atomic E-state index is 0.0176. The Balaban J connectivity index is 1.89. The van der Waals surface area contributed by atoms with Crippen molar-refractivity contribution >= 4 is 17.5 Å². The molecule has 22 heavy (non-hydrogen) atoms. The third-order valence-electron chi connectivity index (χ3n) is 2.75. The number of halogens is 3. The van der Waals surface area contributed by atoms with Crippen LogP contribution >= 0.6 is 11.6 Å². The summed E-state index contributed by atoms with van der Waals surface area (Å²) in [7, 11) is 0. The molecule has 0 aliphatic heterocycles. The topological polar surface area (TPSA) is 69.0 Å². The molecule has 2 aromatic rings. The fourth-order valence-electron chi connectivity index (χ4n) is 1.74. The summed E-state index contributed by atoms with van der Waals surface area (Å²) < 4.78 is 30.5. The van der Waals surface area contributed by atoms with Gasteiger partial charge >= 0.3 is 6.61 Å². The molecule has 1 aromatic heterocycles. The molecule has 0 radical (unpaired) electrons. The molecule has 0 unspecified atom stereocenters. The number of carbonyl (C=O) groups excluding carboxylic acids is 1. The van der Waals surface area contributed by atoms with E-state index in [9.17, 15) is 13.6 Å². The van der Waals surface area contributed by atoms with Crippen molar-refractivity contribution in [3.8, 4) is 5.75 Å². The first-order chi connectivity index (χ1) is 10.5.